The molecule has 3 heteroatoms. The van der Waals surface area contributed by atoms with Gasteiger partial charge >= 0.3 is 5.97 Å². The van der Waals surface area contributed by atoms with Crippen molar-refractivity contribution in [3.05, 3.63) is 29.8 Å². The van der Waals surface area contributed by atoms with Crippen LogP contribution >= 0.6 is 0 Å². The molecular weight excluding hydrogens is 202 g/mol. The number of hydrogen-bond acceptors (Lipinski definition) is 3. The SMILES string of the molecule is CCNc1ccc(CCC(=O)OCC)cc1. The Morgan fingerprint density at radius 1 is 1.25 bits per heavy atom. The quantitative estimate of drug-likeness (QED) is 0.750. The highest BCUT2D eigenvalue weighted by Crippen LogP contribution is 2.10. The Morgan fingerprint density at radius 2 is 1.94 bits per heavy atom. The van der Waals surface area contributed by atoms with Crippen molar-refractivity contribution in [2.75, 3.05) is 18.5 Å². The monoisotopic (exact) mass is 221 g/mol. The van der Waals surface area contributed by atoms with E-state index in [0.29, 0.717) is 13.0 Å². The third-order valence-corrected chi connectivity index (χ3v) is 2.26. The fourth-order valence-electron chi connectivity index (χ4n) is 1.47. The standard InChI is InChI=1S/C13H19NO2/c1-3-14-12-8-5-11(6-9-12)7-10-13(15)16-4-2/h5-6,8-9,14H,3-4,7,10H2,1-2H3. The predicted molar refractivity (Wildman–Crippen MR) is 65.6 cm³/mol. The smallest absolute Gasteiger partial charge is 0.306 e. The van der Waals surface area contributed by atoms with Gasteiger partial charge in [0.25, 0.3) is 0 Å². The molecule has 0 saturated heterocycles. The number of nitrogens with one attached hydrogen (secondary N) is 1. The summed E-state index contributed by atoms with van der Waals surface area (Å²) in [6.45, 7) is 5.26. The van der Waals surface area contributed by atoms with Crippen LogP contribution in [0.2, 0.25) is 0 Å². The molecule has 16 heavy (non-hydrogen) atoms. The number of benzene rings is 1. The number of aryl methyl sites for hydroxylation is 1. The predicted octanol–water partition coefficient (Wildman–Crippen LogP) is 2.61. The second-order valence-corrected chi connectivity index (χ2v) is 3.53. The van der Waals surface area contributed by atoms with Crippen LogP contribution in [0.4, 0.5) is 5.69 Å². The normalized spacial score (nSPS) is 9.88. The zero-order chi connectivity index (χ0) is 11.8. The highest BCUT2D eigenvalue weighted by Gasteiger charge is 2.02. The average Bonchev–Trinajstić information content (AvgIpc) is 2.29. The molecule has 0 aliphatic rings. The third kappa shape index (κ3) is 4.34. The first-order valence-corrected chi connectivity index (χ1v) is 5.74. The van der Waals surface area contributed by atoms with Gasteiger partial charge in [0.2, 0.25) is 0 Å². The van der Waals surface area contributed by atoms with Gasteiger partial charge in [-0.1, -0.05) is 12.1 Å². The third-order valence-electron chi connectivity index (χ3n) is 2.26. The van der Waals surface area contributed by atoms with Crippen LogP contribution in [-0.4, -0.2) is 19.1 Å². The molecule has 1 aromatic rings. The Bertz CT molecular complexity index is 319. The summed E-state index contributed by atoms with van der Waals surface area (Å²) in [6, 6.07) is 8.14. The average molecular weight is 221 g/mol. The minimum atomic E-state index is -0.127. The molecule has 0 aliphatic heterocycles. The molecule has 1 N–H and O–H groups in total. The van der Waals surface area contributed by atoms with Crippen LogP contribution in [0.5, 0.6) is 0 Å². The molecular formula is C13H19NO2. The molecule has 0 saturated carbocycles. The van der Waals surface area contributed by atoms with E-state index in [4.69, 9.17) is 4.74 Å². The lowest BCUT2D eigenvalue weighted by Gasteiger charge is -2.05. The van der Waals surface area contributed by atoms with Gasteiger partial charge in [0.1, 0.15) is 0 Å². The van der Waals surface area contributed by atoms with Crippen LogP contribution in [0, 0.1) is 0 Å². The van der Waals surface area contributed by atoms with Crippen LogP contribution in [0.15, 0.2) is 24.3 Å². The van der Waals surface area contributed by atoms with Gasteiger partial charge in [-0.25, -0.2) is 0 Å². The Morgan fingerprint density at radius 3 is 2.50 bits per heavy atom. The van der Waals surface area contributed by atoms with Crippen molar-refractivity contribution in [2.24, 2.45) is 0 Å². The summed E-state index contributed by atoms with van der Waals surface area (Å²) in [5, 5.41) is 3.23. The van der Waals surface area contributed by atoms with Gasteiger partial charge in [-0.15, -0.1) is 0 Å². The van der Waals surface area contributed by atoms with Gasteiger partial charge in [-0.2, -0.15) is 0 Å². The van der Waals surface area contributed by atoms with Crippen molar-refractivity contribution in [1.82, 2.24) is 0 Å². The molecule has 1 aromatic carbocycles. The second-order valence-electron chi connectivity index (χ2n) is 3.53. The number of anilines is 1. The van der Waals surface area contributed by atoms with Crippen LogP contribution in [0.1, 0.15) is 25.8 Å². The highest BCUT2D eigenvalue weighted by atomic mass is 16.5. The van der Waals surface area contributed by atoms with Crippen molar-refractivity contribution >= 4 is 11.7 Å². The summed E-state index contributed by atoms with van der Waals surface area (Å²) in [4.78, 5) is 11.2. The second kappa shape index (κ2) is 6.88. The zero-order valence-electron chi connectivity index (χ0n) is 9.95. The molecule has 0 amide bonds. The Hall–Kier alpha value is -1.51. The fourth-order valence-corrected chi connectivity index (χ4v) is 1.47. The first kappa shape index (κ1) is 12.6. The summed E-state index contributed by atoms with van der Waals surface area (Å²) in [5.74, 6) is -0.127. The summed E-state index contributed by atoms with van der Waals surface area (Å²) < 4.78 is 4.87. The fraction of sp³-hybridized carbons (Fsp3) is 0.462. The van der Waals surface area contributed by atoms with E-state index in [1.165, 1.54) is 0 Å². The maximum Gasteiger partial charge on any atom is 0.306 e. The van der Waals surface area contributed by atoms with Gasteiger partial charge in [0.15, 0.2) is 0 Å². The molecule has 0 aliphatic carbocycles. The van der Waals surface area contributed by atoms with Crippen molar-refractivity contribution in [3.63, 3.8) is 0 Å². The number of hydrogen-bond donors (Lipinski definition) is 1. The van der Waals surface area contributed by atoms with Crippen LogP contribution < -0.4 is 5.32 Å². The van der Waals surface area contributed by atoms with E-state index in [-0.39, 0.29) is 5.97 Å². The lowest BCUT2D eigenvalue weighted by atomic mass is 10.1. The van der Waals surface area contributed by atoms with Gasteiger partial charge in [-0.3, -0.25) is 4.79 Å². The van der Waals surface area contributed by atoms with Crippen molar-refractivity contribution in [2.45, 2.75) is 26.7 Å². The van der Waals surface area contributed by atoms with E-state index in [9.17, 15) is 4.79 Å². The Kier molecular flexibility index (Phi) is 5.40. The molecule has 0 spiro atoms. The van der Waals surface area contributed by atoms with Gasteiger partial charge in [0, 0.05) is 18.7 Å². The van der Waals surface area contributed by atoms with E-state index in [1.807, 2.05) is 31.2 Å². The molecule has 1 rings (SSSR count). The number of carbonyl (C=O) groups excluding carboxylic acids is 1. The summed E-state index contributed by atoms with van der Waals surface area (Å²) in [6.07, 6.45) is 1.19. The first-order valence-electron chi connectivity index (χ1n) is 5.74. The topological polar surface area (TPSA) is 38.3 Å². The van der Waals surface area contributed by atoms with Gasteiger partial charge in [0.05, 0.1) is 6.61 Å². The van der Waals surface area contributed by atoms with Gasteiger partial charge < -0.3 is 10.1 Å². The minimum absolute atomic E-state index is 0.127. The Labute approximate surface area is 96.8 Å². The number of carbonyl (C=O) groups is 1. The molecule has 0 aromatic heterocycles. The van der Waals surface area contributed by atoms with E-state index in [0.717, 1.165) is 24.2 Å². The molecule has 0 unspecified atom stereocenters. The lowest BCUT2D eigenvalue weighted by Crippen LogP contribution is -2.05. The van der Waals surface area contributed by atoms with Crippen molar-refractivity contribution in [1.29, 1.82) is 0 Å². The Balaban J connectivity index is 2.40. The zero-order valence-corrected chi connectivity index (χ0v) is 9.95. The number of rotatable bonds is 6. The molecule has 0 fully saturated rings. The number of ether oxygens (including phenoxy) is 1. The van der Waals surface area contributed by atoms with Crippen molar-refractivity contribution < 1.29 is 9.53 Å². The molecule has 0 heterocycles. The largest absolute Gasteiger partial charge is 0.466 e. The summed E-state index contributed by atoms with van der Waals surface area (Å²) >= 11 is 0. The number of esters is 1. The maximum absolute atomic E-state index is 11.2. The van der Waals surface area contributed by atoms with Crippen molar-refractivity contribution in [3.8, 4) is 0 Å². The van der Waals surface area contributed by atoms with E-state index in [2.05, 4.69) is 12.2 Å². The minimum Gasteiger partial charge on any atom is -0.466 e. The van der Waals surface area contributed by atoms with Crippen LogP contribution in [0.25, 0.3) is 0 Å². The van der Waals surface area contributed by atoms with E-state index >= 15 is 0 Å². The molecule has 0 bridgehead atoms. The summed E-state index contributed by atoms with van der Waals surface area (Å²) in [7, 11) is 0. The first-order chi connectivity index (χ1) is 7.76. The highest BCUT2D eigenvalue weighted by molar-refractivity contribution is 5.69. The lowest BCUT2D eigenvalue weighted by molar-refractivity contribution is -0.143. The van der Waals surface area contributed by atoms with E-state index in [1.54, 1.807) is 0 Å². The molecule has 0 atom stereocenters. The molecule has 88 valence electrons. The molecule has 3 nitrogen and oxygen atoms in total. The van der Waals surface area contributed by atoms with E-state index < -0.39 is 0 Å². The van der Waals surface area contributed by atoms with Crippen LogP contribution in [0.3, 0.4) is 0 Å². The van der Waals surface area contributed by atoms with Crippen LogP contribution in [-0.2, 0) is 16.0 Å². The van der Waals surface area contributed by atoms with Gasteiger partial charge in [-0.05, 0) is 38.0 Å². The summed E-state index contributed by atoms with van der Waals surface area (Å²) in [5.41, 5.74) is 2.28. The maximum atomic E-state index is 11.2. The molecule has 0 radical (unpaired) electrons.